The largest absolute Gasteiger partial charge is 0.281 e. The number of halogens is 1. The molecular formula is C21H39ClO5S5. The standard InChI is InChI=1S/C21H39OS5.ClHO4/c1-13-23-17(22)16(27(11)12)21(26-20(8,9)10)14(24-18(2,3)4)15(21)25-19(5,6)7;2-1(3,4)5/h16H,13H2,1-12H3;(H,2,3,4,5)/q+1;/p-1. The second kappa shape index (κ2) is 12.0. The molecule has 1 rings (SSSR count). The van der Waals surface area contributed by atoms with E-state index in [9.17, 15) is 4.79 Å². The van der Waals surface area contributed by atoms with Crippen LogP contribution in [0.1, 0.15) is 69.2 Å². The van der Waals surface area contributed by atoms with Crippen LogP contribution in [0.15, 0.2) is 9.81 Å². The Labute approximate surface area is 217 Å². The van der Waals surface area contributed by atoms with E-state index in [4.69, 9.17) is 18.6 Å². The maximum Gasteiger partial charge on any atom is 0.243 e. The molecule has 1 unspecified atom stereocenters. The smallest absolute Gasteiger partial charge is 0.243 e. The summed E-state index contributed by atoms with van der Waals surface area (Å²) in [6.07, 6.45) is 4.50. The highest BCUT2D eigenvalue weighted by Gasteiger charge is 2.68. The number of hydrogen-bond donors (Lipinski definition) is 0. The van der Waals surface area contributed by atoms with Crippen molar-refractivity contribution in [3.63, 3.8) is 0 Å². The molecule has 0 spiro atoms. The van der Waals surface area contributed by atoms with Gasteiger partial charge in [0.2, 0.25) is 10.4 Å². The van der Waals surface area contributed by atoms with E-state index in [0.29, 0.717) is 5.12 Å². The van der Waals surface area contributed by atoms with Gasteiger partial charge in [-0.05, 0) is 16.6 Å². The van der Waals surface area contributed by atoms with E-state index < -0.39 is 10.2 Å². The number of rotatable bonds is 7. The summed E-state index contributed by atoms with van der Waals surface area (Å²) in [4.78, 5) is 16.2. The van der Waals surface area contributed by atoms with Crippen LogP contribution < -0.4 is 18.6 Å². The van der Waals surface area contributed by atoms with Crippen LogP contribution in [0.3, 0.4) is 0 Å². The van der Waals surface area contributed by atoms with Crippen molar-refractivity contribution in [2.24, 2.45) is 0 Å². The van der Waals surface area contributed by atoms with Crippen molar-refractivity contribution in [2.45, 2.75) is 93.5 Å². The van der Waals surface area contributed by atoms with Crippen LogP contribution in [0.5, 0.6) is 0 Å². The molecule has 0 radical (unpaired) electrons. The molecule has 1 aliphatic rings. The van der Waals surface area contributed by atoms with Crippen LogP contribution in [0.4, 0.5) is 0 Å². The summed E-state index contributed by atoms with van der Waals surface area (Å²) in [6.45, 7) is 22.6. The van der Waals surface area contributed by atoms with Gasteiger partial charge in [0.25, 0.3) is 0 Å². The van der Waals surface area contributed by atoms with Gasteiger partial charge in [-0.2, -0.15) is 0 Å². The van der Waals surface area contributed by atoms with Gasteiger partial charge >= 0.3 is 0 Å². The summed E-state index contributed by atoms with van der Waals surface area (Å²) in [6, 6.07) is 0. The van der Waals surface area contributed by atoms with E-state index >= 15 is 0 Å². The van der Waals surface area contributed by atoms with Gasteiger partial charge in [-0.3, -0.25) is 4.79 Å². The van der Waals surface area contributed by atoms with Gasteiger partial charge in [0, 0.05) is 24.1 Å². The van der Waals surface area contributed by atoms with Crippen LogP contribution in [0.2, 0.25) is 0 Å². The fraction of sp³-hybridized carbons (Fsp3) is 0.857. The molecule has 0 aromatic heterocycles. The lowest BCUT2D eigenvalue weighted by Crippen LogP contribution is -2.68. The molecule has 0 bridgehead atoms. The van der Waals surface area contributed by atoms with Gasteiger partial charge in [0.15, 0.2) is 0 Å². The minimum atomic E-state index is -4.94. The zero-order valence-corrected chi connectivity index (χ0v) is 26.1. The maximum absolute atomic E-state index is 13.3. The molecule has 5 nitrogen and oxygen atoms in total. The van der Waals surface area contributed by atoms with Crippen molar-refractivity contribution in [3.05, 3.63) is 9.81 Å². The Morgan fingerprint density at radius 2 is 1.22 bits per heavy atom. The van der Waals surface area contributed by atoms with Crippen molar-refractivity contribution >= 4 is 63.1 Å². The monoisotopic (exact) mass is 566 g/mol. The normalized spacial score (nSPS) is 17.8. The summed E-state index contributed by atoms with van der Waals surface area (Å²) >= 11 is 7.49. The number of carbonyl (C=O) groups is 1. The minimum Gasteiger partial charge on any atom is -0.281 e. The molecule has 32 heavy (non-hydrogen) atoms. The van der Waals surface area contributed by atoms with Gasteiger partial charge in [0.1, 0.15) is 4.75 Å². The minimum absolute atomic E-state index is 0.0157. The summed E-state index contributed by atoms with van der Waals surface area (Å²) in [5.74, 6) is 0.853. The molecule has 0 amide bonds. The quantitative estimate of drug-likeness (QED) is 0.429. The van der Waals surface area contributed by atoms with E-state index in [1.165, 1.54) is 21.6 Å². The third kappa shape index (κ3) is 12.3. The van der Waals surface area contributed by atoms with Crippen LogP contribution in [-0.4, -0.2) is 47.6 Å². The predicted molar refractivity (Wildman–Crippen MR) is 138 cm³/mol. The predicted octanol–water partition coefficient (Wildman–Crippen LogP) is 2.32. The third-order valence-electron chi connectivity index (χ3n) is 3.44. The highest BCUT2D eigenvalue weighted by Crippen LogP contribution is 2.71. The Hall–Kier alpha value is 1.29. The van der Waals surface area contributed by atoms with E-state index in [1.807, 2.05) is 35.3 Å². The molecule has 0 saturated carbocycles. The van der Waals surface area contributed by atoms with Crippen LogP contribution >= 0.6 is 47.0 Å². The Balaban J connectivity index is 0.00000172. The lowest BCUT2D eigenvalue weighted by atomic mass is 10.2. The van der Waals surface area contributed by atoms with Gasteiger partial charge in [0.05, 0.1) is 12.5 Å². The second-order valence-corrected chi connectivity index (χ2v) is 20.4. The van der Waals surface area contributed by atoms with E-state index in [0.717, 1.165) is 5.75 Å². The summed E-state index contributed by atoms with van der Waals surface area (Å²) < 4.78 is 34.2. The number of carbonyl (C=O) groups excluding carboxylic acids is 1. The summed E-state index contributed by atoms with van der Waals surface area (Å²) in [5, 5.41) is 0.431. The van der Waals surface area contributed by atoms with Crippen molar-refractivity contribution < 1.29 is 33.7 Å². The van der Waals surface area contributed by atoms with Gasteiger partial charge in [-0.1, -0.05) is 81.0 Å². The second-order valence-electron chi connectivity index (χ2n) is 10.4. The molecule has 0 saturated heterocycles. The first-order valence-electron chi connectivity index (χ1n) is 10.1. The first kappa shape index (κ1) is 33.3. The van der Waals surface area contributed by atoms with Crippen LogP contribution in [-0.2, 0) is 15.7 Å². The highest BCUT2D eigenvalue weighted by atomic mass is 35.7. The number of thioether (sulfide) groups is 4. The molecule has 1 atom stereocenters. The molecule has 0 N–H and O–H groups in total. The van der Waals surface area contributed by atoms with Crippen molar-refractivity contribution in [1.82, 2.24) is 0 Å². The molecule has 0 fully saturated rings. The summed E-state index contributed by atoms with van der Waals surface area (Å²) in [7, 11) is -4.93. The lowest BCUT2D eigenvalue weighted by Gasteiger charge is -2.33. The highest BCUT2D eigenvalue weighted by molar-refractivity contribution is 8.17. The van der Waals surface area contributed by atoms with Crippen LogP contribution in [0.25, 0.3) is 0 Å². The fourth-order valence-corrected chi connectivity index (χ4v) is 11.3. The number of hydrogen-bond acceptors (Lipinski definition) is 9. The van der Waals surface area contributed by atoms with Crippen molar-refractivity contribution in [1.29, 1.82) is 0 Å². The average Bonchev–Trinajstić information content (AvgIpc) is 2.95. The molecule has 0 aliphatic heterocycles. The fourth-order valence-electron chi connectivity index (χ4n) is 2.87. The molecular weight excluding hydrogens is 528 g/mol. The Morgan fingerprint density at radius 3 is 1.44 bits per heavy atom. The van der Waals surface area contributed by atoms with E-state index in [1.54, 1.807) is 0 Å². The molecule has 11 heteroatoms. The Morgan fingerprint density at radius 1 is 0.875 bits per heavy atom. The average molecular weight is 567 g/mol. The van der Waals surface area contributed by atoms with Gasteiger partial charge < -0.3 is 0 Å². The van der Waals surface area contributed by atoms with E-state index in [-0.39, 0.29) is 35.1 Å². The van der Waals surface area contributed by atoms with Gasteiger partial charge in [-0.25, -0.2) is 18.6 Å². The summed E-state index contributed by atoms with van der Waals surface area (Å²) in [5.41, 5.74) is 0. The zero-order chi connectivity index (χ0) is 25.9. The topological polar surface area (TPSA) is 109 Å². The Kier molecular flexibility index (Phi) is 12.5. The van der Waals surface area contributed by atoms with Crippen molar-refractivity contribution in [3.8, 4) is 0 Å². The first-order valence-corrected chi connectivity index (χ1v) is 16.9. The molecule has 0 heterocycles. The Bertz CT molecular complexity index is 638. The molecule has 1 aliphatic carbocycles. The first-order chi connectivity index (χ1) is 13.9. The van der Waals surface area contributed by atoms with Crippen molar-refractivity contribution in [2.75, 3.05) is 18.3 Å². The molecule has 190 valence electrons. The van der Waals surface area contributed by atoms with Crippen LogP contribution in [0, 0.1) is 10.2 Å². The molecule has 0 aromatic rings. The maximum atomic E-state index is 13.3. The lowest BCUT2D eigenvalue weighted by molar-refractivity contribution is -2.00. The van der Waals surface area contributed by atoms with E-state index in [2.05, 4.69) is 81.7 Å². The molecule has 0 aromatic carbocycles. The van der Waals surface area contributed by atoms with Gasteiger partial charge in [-0.15, -0.1) is 45.5 Å². The third-order valence-corrected chi connectivity index (χ3v) is 10.7. The SMILES string of the molecule is CCSC(=O)C([S+](C)C)C1(SC(C)(C)C)C(SC(C)(C)C)=C1SC(C)(C)C.[O-][Cl+3]([O-])([O-])[O-]. The zero-order valence-electron chi connectivity index (χ0n) is 21.2.